The molecule has 126 valence electrons. The zero-order chi connectivity index (χ0) is 16.8. The smallest absolute Gasteiger partial charge is 0.223 e. The van der Waals surface area contributed by atoms with E-state index in [-0.39, 0.29) is 11.8 Å². The number of rotatable bonds is 5. The number of piperazine rings is 1. The molecule has 0 saturated carbocycles. The molecule has 1 aliphatic rings. The highest BCUT2D eigenvalue weighted by Crippen LogP contribution is 2.20. The normalized spacial score (nSPS) is 16.8. The predicted molar refractivity (Wildman–Crippen MR) is 97.8 cm³/mol. The van der Waals surface area contributed by atoms with Crippen molar-refractivity contribution in [3.05, 3.63) is 71.8 Å². The monoisotopic (exact) mass is 322 g/mol. The summed E-state index contributed by atoms with van der Waals surface area (Å²) in [5, 5.41) is 0. The Labute approximate surface area is 144 Å². The molecule has 0 radical (unpaired) electrons. The Bertz CT molecular complexity index is 633. The molecule has 3 rings (SSSR count). The standard InChI is InChI=1S/C21H26N2O/c1-18(20-10-6-3-7-11-20)16-21(24)23-14-12-22(13-15-23)17-19-8-4-2-5-9-19/h2-11,18H,12-17H2,1H3/t18-/m1/s1. The molecule has 24 heavy (non-hydrogen) atoms. The molecule has 3 nitrogen and oxygen atoms in total. The van der Waals surface area contributed by atoms with E-state index in [1.54, 1.807) is 0 Å². The Balaban J connectivity index is 1.47. The fourth-order valence-corrected chi connectivity index (χ4v) is 3.29. The van der Waals surface area contributed by atoms with Crippen LogP contribution in [0.1, 0.15) is 30.4 Å². The number of carbonyl (C=O) groups is 1. The van der Waals surface area contributed by atoms with E-state index in [1.807, 2.05) is 29.2 Å². The molecule has 0 N–H and O–H groups in total. The maximum Gasteiger partial charge on any atom is 0.223 e. The first-order valence-electron chi connectivity index (χ1n) is 8.81. The fraction of sp³-hybridized carbons (Fsp3) is 0.381. The van der Waals surface area contributed by atoms with Gasteiger partial charge in [-0.3, -0.25) is 9.69 Å². The summed E-state index contributed by atoms with van der Waals surface area (Å²) in [5.41, 5.74) is 2.59. The van der Waals surface area contributed by atoms with Gasteiger partial charge in [0.1, 0.15) is 0 Å². The van der Waals surface area contributed by atoms with E-state index in [2.05, 4.69) is 48.2 Å². The van der Waals surface area contributed by atoms with E-state index in [4.69, 9.17) is 0 Å². The van der Waals surface area contributed by atoms with Gasteiger partial charge in [0.05, 0.1) is 0 Å². The third-order valence-electron chi connectivity index (χ3n) is 4.82. The van der Waals surface area contributed by atoms with Gasteiger partial charge in [-0.1, -0.05) is 67.6 Å². The van der Waals surface area contributed by atoms with Crippen LogP contribution in [0, 0.1) is 0 Å². The highest BCUT2D eigenvalue weighted by atomic mass is 16.2. The lowest BCUT2D eigenvalue weighted by atomic mass is 9.97. The van der Waals surface area contributed by atoms with Crippen molar-refractivity contribution in [2.24, 2.45) is 0 Å². The fourth-order valence-electron chi connectivity index (χ4n) is 3.29. The summed E-state index contributed by atoms with van der Waals surface area (Å²) < 4.78 is 0. The molecule has 1 fully saturated rings. The van der Waals surface area contributed by atoms with Gasteiger partial charge in [-0.05, 0) is 17.0 Å². The first-order chi connectivity index (χ1) is 11.7. The second-order valence-corrected chi connectivity index (χ2v) is 6.66. The molecule has 2 aromatic rings. The molecule has 1 aliphatic heterocycles. The minimum absolute atomic E-state index is 0.279. The van der Waals surface area contributed by atoms with Gasteiger partial charge in [-0.2, -0.15) is 0 Å². The highest BCUT2D eigenvalue weighted by molar-refractivity contribution is 5.77. The molecule has 0 spiro atoms. The van der Waals surface area contributed by atoms with Crippen LogP contribution in [0.5, 0.6) is 0 Å². The molecule has 1 amide bonds. The summed E-state index contributed by atoms with van der Waals surface area (Å²) >= 11 is 0. The van der Waals surface area contributed by atoms with Crippen molar-refractivity contribution in [2.45, 2.75) is 25.8 Å². The van der Waals surface area contributed by atoms with Crippen LogP contribution in [0.4, 0.5) is 0 Å². The zero-order valence-electron chi connectivity index (χ0n) is 14.4. The number of carbonyl (C=O) groups excluding carboxylic acids is 1. The summed E-state index contributed by atoms with van der Waals surface area (Å²) in [6.45, 7) is 6.71. The first-order valence-corrected chi connectivity index (χ1v) is 8.81. The first kappa shape index (κ1) is 16.7. The molecular weight excluding hydrogens is 296 g/mol. The number of amides is 1. The van der Waals surface area contributed by atoms with Gasteiger partial charge in [0, 0.05) is 39.1 Å². The largest absolute Gasteiger partial charge is 0.340 e. The summed E-state index contributed by atoms with van der Waals surface area (Å²) in [4.78, 5) is 17.0. The molecule has 1 heterocycles. The highest BCUT2D eigenvalue weighted by Gasteiger charge is 2.22. The molecular formula is C21H26N2O. The summed E-state index contributed by atoms with van der Waals surface area (Å²) in [5.74, 6) is 0.562. The van der Waals surface area contributed by atoms with Gasteiger partial charge in [0.15, 0.2) is 0 Å². The van der Waals surface area contributed by atoms with Crippen molar-refractivity contribution in [3.63, 3.8) is 0 Å². The number of hydrogen-bond donors (Lipinski definition) is 0. The van der Waals surface area contributed by atoms with Crippen LogP contribution in [0.3, 0.4) is 0 Å². The van der Waals surface area contributed by atoms with Gasteiger partial charge < -0.3 is 4.90 Å². The molecule has 0 aromatic heterocycles. The van der Waals surface area contributed by atoms with Crippen LogP contribution in [0.15, 0.2) is 60.7 Å². The Hall–Kier alpha value is -2.13. The zero-order valence-corrected chi connectivity index (χ0v) is 14.4. The Morgan fingerprint density at radius 3 is 2.12 bits per heavy atom. The Morgan fingerprint density at radius 2 is 1.50 bits per heavy atom. The molecule has 2 aromatic carbocycles. The minimum atomic E-state index is 0.279. The lowest BCUT2D eigenvalue weighted by Crippen LogP contribution is -2.48. The number of hydrogen-bond acceptors (Lipinski definition) is 2. The van der Waals surface area contributed by atoms with E-state index in [0.717, 1.165) is 32.7 Å². The third-order valence-corrected chi connectivity index (χ3v) is 4.82. The van der Waals surface area contributed by atoms with Crippen molar-refractivity contribution in [1.29, 1.82) is 0 Å². The quantitative estimate of drug-likeness (QED) is 0.841. The van der Waals surface area contributed by atoms with Crippen molar-refractivity contribution in [2.75, 3.05) is 26.2 Å². The van der Waals surface area contributed by atoms with Crippen LogP contribution in [0.25, 0.3) is 0 Å². The van der Waals surface area contributed by atoms with Crippen molar-refractivity contribution in [1.82, 2.24) is 9.80 Å². The van der Waals surface area contributed by atoms with E-state index in [9.17, 15) is 4.79 Å². The molecule has 3 heteroatoms. The van der Waals surface area contributed by atoms with Gasteiger partial charge in [-0.15, -0.1) is 0 Å². The summed E-state index contributed by atoms with van der Waals surface area (Å²) in [6, 6.07) is 20.9. The second kappa shape index (κ2) is 8.11. The van der Waals surface area contributed by atoms with Crippen molar-refractivity contribution >= 4 is 5.91 Å². The van der Waals surface area contributed by atoms with E-state index < -0.39 is 0 Å². The average Bonchev–Trinajstić information content (AvgIpc) is 2.64. The lowest BCUT2D eigenvalue weighted by Gasteiger charge is -2.35. The number of benzene rings is 2. The Morgan fingerprint density at radius 1 is 0.917 bits per heavy atom. The van der Waals surface area contributed by atoms with E-state index in [1.165, 1.54) is 11.1 Å². The van der Waals surface area contributed by atoms with Crippen LogP contribution in [-0.2, 0) is 11.3 Å². The van der Waals surface area contributed by atoms with Gasteiger partial charge >= 0.3 is 0 Å². The second-order valence-electron chi connectivity index (χ2n) is 6.66. The van der Waals surface area contributed by atoms with Crippen LogP contribution in [0.2, 0.25) is 0 Å². The summed E-state index contributed by atoms with van der Waals surface area (Å²) in [6.07, 6.45) is 0.600. The molecule has 1 atom stereocenters. The van der Waals surface area contributed by atoms with Crippen molar-refractivity contribution in [3.8, 4) is 0 Å². The SMILES string of the molecule is C[C@H](CC(=O)N1CCN(Cc2ccccc2)CC1)c1ccccc1. The summed E-state index contributed by atoms with van der Waals surface area (Å²) in [7, 11) is 0. The maximum absolute atomic E-state index is 12.6. The Kier molecular flexibility index (Phi) is 5.65. The van der Waals surface area contributed by atoms with Crippen molar-refractivity contribution < 1.29 is 4.79 Å². The molecule has 0 bridgehead atoms. The van der Waals surface area contributed by atoms with E-state index >= 15 is 0 Å². The van der Waals surface area contributed by atoms with Gasteiger partial charge in [0.25, 0.3) is 0 Å². The van der Waals surface area contributed by atoms with E-state index in [0.29, 0.717) is 6.42 Å². The maximum atomic E-state index is 12.6. The third kappa shape index (κ3) is 4.45. The minimum Gasteiger partial charge on any atom is -0.340 e. The molecule has 1 saturated heterocycles. The topological polar surface area (TPSA) is 23.6 Å². The van der Waals surface area contributed by atoms with Gasteiger partial charge in [-0.25, -0.2) is 0 Å². The average molecular weight is 322 g/mol. The van der Waals surface area contributed by atoms with Crippen LogP contribution in [-0.4, -0.2) is 41.9 Å². The van der Waals surface area contributed by atoms with Gasteiger partial charge in [0.2, 0.25) is 5.91 Å². The number of nitrogens with zero attached hydrogens (tertiary/aromatic N) is 2. The predicted octanol–water partition coefficient (Wildman–Crippen LogP) is 3.52. The van der Waals surface area contributed by atoms with Crippen LogP contribution >= 0.6 is 0 Å². The lowest BCUT2D eigenvalue weighted by molar-refractivity contribution is -0.133. The molecule has 0 aliphatic carbocycles. The molecule has 0 unspecified atom stereocenters. The van der Waals surface area contributed by atoms with Crippen LogP contribution < -0.4 is 0 Å².